The van der Waals surface area contributed by atoms with Gasteiger partial charge in [0.1, 0.15) is 0 Å². The highest BCUT2D eigenvalue weighted by molar-refractivity contribution is 6.06. The first-order valence-corrected chi connectivity index (χ1v) is 6.99. The maximum Gasteiger partial charge on any atom is 0.255 e. The molecule has 0 fully saturated rings. The molecular weight excluding hydrogens is 296 g/mol. The van der Waals surface area contributed by atoms with Crippen molar-refractivity contribution >= 4 is 28.5 Å². The van der Waals surface area contributed by atoms with Crippen LogP contribution in [-0.2, 0) is 4.79 Å². The van der Waals surface area contributed by atoms with Gasteiger partial charge in [-0.1, -0.05) is 0 Å². The summed E-state index contributed by atoms with van der Waals surface area (Å²) in [7, 11) is 1.75. The van der Waals surface area contributed by atoms with E-state index in [0.717, 1.165) is 16.6 Å². The molecule has 6 N–H and O–H groups in total. The van der Waals surface area contributed by atoms with Gasteiger partial charge in [-0.05, 0) is 25.1 Å². The number of hydrazine groups is 1. The van der Waals surface area contributed by atoms with Crippen molar-refractivity contribution in [2.75, 3.05) is 18.9 Å². The number of guanidine groups is 1. The summed E-state index contributed by atoms with van der Waals surface area (Å²) in [6, 6.07) is 5.53. The van der Waals surface area contributed by atoms with Gasteiger partial charge in [-0.25, -0.2) is 5.84 Å². The molecule has 1 aromatic heterocycles. The predicted octanol–water partition coefficient (Wildman–Crippen LogP) is 0.126. The van der Waals surface area contributed by atoms with Gasteiger partial charge in [0.15, 0.2) is 0 Å². The number of allylic oxidation sites excluding steroid dienone is 1. The van der Waals surface area contributed by atoms with Gasteiger partial charge in [0, 0.05) is 23.8 Å². The number of rotatable bonds is 2. The van der Waals surface area contributed by atoms with E-state index in [1.165, 1.54) is 5.01 Å². The molecule has 9 heteroatoms. The third-order valence-electron chi connectivity index (χ3n) is 3.91. The van der Waals surface area contributed by atoms with Crippen LogP contribution < -0.4 is 17.0 Å². The summed E-state index contributed by atoms with van der Waals surface area (Å²) >= 11 is 0. The molecule has 0 bridgehead atoms. The van der Waals surface area contributed by atoms with Crippen LogP contribution in [-0.4, -0.2) is 45.6 Å². The van der Waals surface area contributed by atoms with Crippen LogP contribution in [0, 0.1) is 0 Å². The number of benzene rings is 1. The number of carbonyl (C=O) groups excluding carboxylic acids is 1. The van der Waals surface area contributed by atoms with Gasteiger partial charge >= 0.3 is 0 Å². The molecule has 0 unspecified atom stereocenters. The molecular formula is C14H18N8O. The lowest BCUT2D eigenvalue weighted by Gasteiger charge is -2.35. The summed E-state index contributed by atoms with van der Waals surface area (Å²) in [5.74, 6) is 11.4. The van der Waals surface area contributed by atoms with Crippen LogP contribution in [0.3, 0.4) is 0 Å². The molecule has 1 aliphatic rings. The van der Waals surface area contributed by atoms with Crippen molar-refractivity contribution < 1.29 is 4.79 Å². The highest BCUT2D eigenvalue weighted by atomic mass is 16.1. The van der Waals surface area contributed by atoms with Gasteiger partial charge in [-0.15, -0.1) is 5.10 Å². The minimum Gasteiger partial charge on any atom is -0.322 e. The number of nitrogens with zero attached hydrogens (tertiary/aromatic N) is 4. The molecule has 0 saturated heterocycles. The number of anilines is 1. The highest BCUT2D eigenvalue weighted by Crippen LogP contribution is 2.21. The summed E-state index contributed by atoms with van der Waals surface area (Å²) in [5, 5.41) is 15.6. The standard InChI is InChI=1S/C14H18N8O/c1-8-11(7-22(16)14(19-15)21(8)2)13(23)18-10-3-4-12-9(5-10)6-17-20-12/h3-6H,7,15-16H2,1-2H3,(H,17,20)(H,18,23)/b19-14-. The molecule has 0 atom stereocenters. The first-order valence-electron chi connectivity index (χ1n) is 6.99. The summed E-state index contributed by atoms with van der Waals surface area (Å²) in [5.41, 5.74) is 2.90. The molecule has 9 nitrogen and oxygen atoms in total. The number of hydrazone groups is 1. The SMILES string of the molecule is CC1=C(C(=O)Nc2ccc3[nH]ncc3c2)CN(N)/C(=N\N)N1C. The average molecular weight is 314 g/mol. The number of fused-ring (bicyclic) bond motifs is 1. The number of nitrogens with one attached hydrogen (secondary N) is 2. The van der Waals surface area contributed by atoms with E-state index < -0.39 is 0 Å². The molecule has 0 saturated carbocycles. The van der Waals surface area contributed by atoms with E-state index in [-0.39, 0.29) is 12.5 Å². The van der Waals surface area contributed by atoms with Gasteiger partial charge in [-0.3, -0.25) is 14.9 Å². The smallest absolute Gasteiger partial charge is 0.255 e. The number of nitrogens with two attached hydrogens (primary N) is 2. The van der Waals surface area contributed by atoms with Crippen molar-refractivity contribution in [3.63, 3.8) is 0 Å². The number of aromatic amines is 1. The maximum atomic E-state index is 12.6. The number of carbonyl (C=O) groups is 1. The van der Waals surface area contributed by atoms with E-state index >= 15 is 0 Å². The first-order chi connectivity index (χ1) is 11.0. The number of amides is 1. The number of H-pyrrole nitrogens is 1. The van der Waals surface area contributed by atoms with E-state index in [0.29, 0.717) is 17.2 Å². The van der Waals surface area contributed by atoms with E-state index in [4.69, 9.17) is 11.7 Å². The molecule has 0 spiro atoms. The van der Waals surface area contributed by atoms with Gasteiger partial charge in [0.05, 0.1) is 23.8 Å². The quantitative estimate of drug-likeness (QED) is 0.460. The molecule has 1 amide bonds. The fraction of sp³-hybridized carbons (Fsp3) is 0.214. The fourth-order valence-electron chi connectivity index (χ4n) is 2.52. The molecule has 1 aliphatic heterocycles. The Bertz CT molecular complexity index is 821. The lowest BCUT2D eigenvalue weighted by Crippen LogP contribution is -2.52. The average Bonchev–Trinajstić information content (AvgIpc) is 2.99. The summed E-state index contributed by atoms with van der Waals surface area (Å²) in [6.45, 7) is 2.05. The van der Waals surface area contributed by atoms with Gasteiger partial charge in [0.2, 0.25) is 5.96 Å². The van der Waals surface area contributed by atoms with Crippen molar-refractivity contribution in [2.45, 2.75) is 6.92 Å². The Labute approximate surface area is 132 Å². The molecule has 2 aromatic rings. The topological polar surface area (TPSA) is 129 Å². The Morgan fingerprint density at radius 1 is 1.48 bits per heavy atom. The second-order valence-corrected chi connectivity index (χ2v) is 5.31. The molecule has 120 valence electrons. The van der Waals surface area contributed by atoms with Crippen LogP contribution in [0.5, 0.6) is 0 Å². The molecule has 2 heterocycles. The largest absolute Gasteiger partial charge is 0.322 e. The molecule has 23 heavy (non-hydrogen) atoms. The van der Waals surface area contributed by atoms with Crippen LogP contribution >= 0.6 is 0 Å². The van der Waals surface area contributed by atoms with Crippen LogP contribution in [0.1, 0.15) is 6.92 Å². The second kappa shape index (κ2) is 5.61. The maximum absolute atomic E-state index is 12.6. The van der Waals surface area contributed by atoms with Gasteiger partial charge in [-0.2, -0.15) is 5.10 Å². The summed E-state index contributed by atoms with van der Waals surface area (Å²) < 4.78 is 0. The predicted molar refractivity (Wildman–Crippen MR) is 87.7 cm³/mol. The van der Waals surface area contributed by atoms with Crippen LogP contribution in [0.4, 0.5) is 5.69 Å². The van der Waals surface area contributed by atoms with E-state index in [1.54, 1.807) is 18.1 Å². The summed E-state index contributed by atoms with van der Waals surface area (Å²) in [6.07, 6.45) is 1.70. The zero-order valence-electron chi connectivity index (χ0n) is 12.9. The highest BCUT2D eigenvalue weighted by Gasteiger charge is 2.28. The number of aromatic nitrogens is 2. The van der Waals surface area contributed by atoms with E-state index in [1.807, 2.05) is 25.1 Å². The second-order valence-electron chi connectivity index (χ2n) is 5.31. The van der Waals surface area contributed by atoms with Crippen LogP contribution in [0.25, 0.3) is 10.9 Å². The Balaban J connectivity index is 1.86. The molecule has 0 aliphatic carbocycles. The third kappa shape index (κ3) is 2.57. The minimum atomic E-state index is -0.219. The number of hydrogen-bond acceptors (Lipinski definition) is 5. The first kappa shape index (κ1) is 14.9. The molecule has 1 aromatic carbocycles. The van der Waals surface area contributed by atoms with Crippen molar-refractivity contribution in [1.82, 2.24) is 20.1 Å². The Morgan fingerprint density at radius 3 is 3.00 bits per heavy atom. The third-order valence-corrected chi connectivity index (χ3v) is 3.91. The Hall–Kier alpha value is -3.07. The van der Waals surface area contributed by atoms with Crippen LogP contribution in [0.15, 0.2) is 40.8 Å². The van der Waals surface area contributed by atoms with Crippen molar-refractivity contribution in [3.05, 3.63) is 35.7 Å². The van der Waals surface area contributed by atoms with Crippen molar-refractivity contribution in [1.29, 1.82) is 0 Å². The zero-order valence-corrected chi connectivity index (χ0v) is 12.9. The summed E-state index contributed by atoms with van der Waals surface area (Å²) in [4.78, 5) is 14.2. The monoisotopic (exact) mass is 314 g/mol. The van der Waals surface area contributed by atoms with E-state index in [9.17, 15) is 4.79 Å². The Morgan fingerprint density at radius 2 is 2.26 bits per heavy atom. The minimum absolute atomic E-state index is 0.219. The van der Waals surface area contributed by atoms with Gasteiger partial charge in [0.25, 0.3) is 5.91 Å². The lowest BCUT2D eigenvalue weighted by molar-refractivity contribution is -0.113. The lowest BCUT2D eigenvalue weighted by atomic mass is 10.1. The Kier molecular flexibility index (Phi) is 3.62. The van der Waals surface area contributed by atoms with Crippen LogP contribution in [0.2, 0.25) is 0 Å². The van der Waals surface area contributed by atoms with E-state index in [2.05, 4.69) is 20.6 Å². The normalized spacial score (nSPS) is 17.3. The van der Waals surface area contributed by atoms with Crippen molar-refractivity contribution in [3.8, 4) is 0 Å². The molecule has 3 rings (SSSR count). The fourth-order valence-corrected chi connectivity index (χ4v) is 2.52. The molecule has 0 radical (unpaired) electrons. The van der Waals surface area contributed by atoms with Gasteiger partial charge < -0.3 is 16.1 Å². The zero-order chi connectivity index (χ0) is 16.6. The number of hydrogen-bond donors (Lipinski definition) is 4. The van der Waals surface area contributed by atoms with Crippen molar-refractivity contribution in [2.24, 2.45) is 16.8 Å².